The first-order valence-electron chi connectivity index (χ1n) is 3.97. The molecule has 0 radical (unpaired) electrons. The molecule has 0 aliphatic carbocycles. The first-order valence-corrected chi connectivity index (χ1v) is 4.76. The topological polar surface area (TPSA) is 34.1 Å². The Balaban J connectivity index is 3.20. The van der Waals surface area contributed by atoms with E-state index in [0.29, 0.717) is 23.8 Å². The maximum absolute atomic E-state index is 11.3. The van der Waals surface area contributed by atoms with E-state index in [1.807, 2.05) is 0 Å². The Hall–Kier alpha value is -0.960. The molecule has 2 nitrogen and oxygen atoms in total. The molecule has 0 saturated carbocycles. The molecule has 1 aromatic rings. The summed E-state index contributed by atoms with van der Waals surface area (Å²) in [5.74, 6) is -0.00500. The highest BCUT2D eigenvalue weighted by Gasteiger charge is 2.08. The fourth-order valence-corrected chi connectivity index (χ4v) is 1.45. The second-order valence-electron chi connectivity index (χ2n) is 2.63. The Labute approximate surface area is 85.1 Å². The molecule has 13 heavy (non-hydrogen) atoms. The fraction of sp³-hybridized carbons (Fsp3) is 0.200. The van der Waals surface area contributed by atoms with Gasteiger partial charge in [-0.1, -0.05) is 22.9 Å². The predicted molar refractivity (Wildman–Crippen MR) is 54.2 cm³/mol. The van der Waals surface area contributed by atoms with Crippen molar-refractivity contribution < 1.29 is 9.59 Å². The number of hydrogen-bond donors (Lipinski definition) is 0. The highest BCUT2D eigenvalue weighted by Crippen LogP contribution is 2.16. The summed E-state index contributed by atoms with van der Waals surface area (Å²) in [5, 5.41) is 0. The number of carbonyl (C=O) groups is 2. The van der Waals surface area contributed by atoms with Gasteiger partial charge in [-0.2, -0.15) is 0 Å². The van der Waals surface area contributed by atoms with Crippen LogP contribution in [-0.2, 0) is 0 Å². The molecule has 0 spiro atoms. The van der Waals surface area contributed by atoms with Crippen LogP contribution in [-0.4, -0.2) is 12.1 Å². The molecular formula is C10H9BrO2. The monoisotopic (exact) mass is 240 g/mol. The Bertz CT molecular complexity index is 345. The van der Waals surface area contributed by atoms with Crippen molar-refractivity contribution in [1.29, 1.82) is 0 Å². The number of halogens is 1. The molecule has 0 unspecified atom stereocenters. The summed E-state index contributed by atoms with van der Waals surface area (Å²) < 4.78 is 0.808. The van der Waals surface area contributed by atoms with Gasteiger partial charge in [0.1, 0.15) is 0 Å². The van der Waals surface area contributed by atoms with E-state index >= 15 is 0 Å². The molecule has 0 amide bonds. The number of carbonyl (C=O) groups excluding carboxylic acids is 2. The molecule has 0 N–H and O–H groups in total. The van der Waals surface area contributed by atoms with Crippen molar-refractivity contribution in [3.63, 3.8) is 0 Å². The van der Waals surface area contributed by atoms with Crippen LogP contribution in [0.3, 0.4) is 0 Å². The number of benzene rings is 1. The summed E-state index contributed by atoms with van der Waals surface area (Å²) in [6, 6.07) is 5.07. The van der Waals surface area contributed by atoms with Gasteiger partial charge in [-0.25, -0.2) is 0 Å². The summed E-state index contributed by atoms with van der Waals surface area (Å²) in [5.41, 5.74) is 0.946. The van der Waals surface area contributed by atoms with E-state index in [-0.39, 0.29) is 5.78 Å². The maximum Gasteiger partial charge on any atom is 0.163 e. The van der Waals surface area contributed by atoms with E-state index in [1.54, 1.807) is 25.1 Å². The number of Topliss-reactive ketones (excluding diaryl/α,β-unsaturated/α-hetero) is 1. The van der Waals surface area contributed by atoms with Gasteiger partial charge in [-0.05, 0) is 18.2 Å². The molecule has 3 heteroatoms. The van der Waals surface area contributed by atoms with Crippen molar-refractivity contribution >= 4 is 28.0 Å². The van der Waals surface area contributed by atoms with Crippen molar-refractivity contribution in [2.45, 2.75) is 13.3 Å². The third-order valence-corrected chi connectivity index (χ3v) is 2.26. The quantitative estimate of drug-likeness (QED) is 0.602. The summed E-state index contributed by atoms with van der Waals surface area (Å²) in [4.78, 5) is 22.0. The van der Waals surface area contributed by atoms with Gasteiger partial charge >= 0.3 is 0 Å². The van der Waals surface area contributed by atoms with Crippen LogP contribution in [0.15, 0.2) is 22.7 Å². The van der Waals surface area contributed by atoms with E-state index in [9.17, 15) is 9.59 Å². The first kappa shape index (κ1) is 10.1. The largest absolute Gasteiger partial charge is 0.298 e. The van der Waals surface area contributed by atoms with Gasteiger partial charge in [-0.3, -0.25) is 9.59 Å². The lowest BCUT2D eigenvalue weighted by molar-refractivity contribution is 0.0981. The standard InChI is InChI=1S/C10H9BrO2/c1-2-10(13)9-4-3-8(11)5-7(9)6-12/h3-6H,2H2,1H3. The molecule has 0 aromatic heterocycles. The Morgan fingerprint density at radius 1 is 1.54 bits per heavy atom. The number of ketones is 1. The van der Waals surface area contributed by atoms with Crippen molar-refractivity contribution in [2.24, 2.45) is 0 Å². The van der Waals surface area contributed by atoms with Crippen LogP contribution in [0, 0.1) is 0 Å². The molecule has 0 aliphatic heterocycles. The average molecular weight is 241 g/mol. The van der Waals surface area contributed by atoms with Gasteiger partial charge in [-0.15, -0.1) is 0 Å². The van der Waals surface area contributed by atoms with Crippen LogP contribution < -0.4 is 0 Å². The molecule has 1 aromatic carbocycles. The molecule has 68 valence electrons. The molecule has 0 heterocycles. The average Bonchev–Trinajstić information content (AvgIpc) is 2.16. The zero-order chi connectivity index (χ0) is 9.84. The molecule has 0 saturated heterocycles. The van der Waals surface area contributed by atoms with Crippen LogP contribution in [0.4, 0.5) is 0 Å². The molecule has 1 rings (SSSR count). The van der Waals surface area contributed by atoms with Crippen LogP contribution in [0.2, 0.25) is 0 Å². The Morgan fingerprint density at radius 3 is 2.77 bits per heavy atom. The third kappa shape index (κ3) is 2.25. The van der Waals surface area contributed by atoms with E-state index in [4.69, 9.17) is 0 Å². The highest BCUT2D eigenvalue weighted by molar-refractivity contribution is 9.10. The number of hydrogen-bond acceptors (Lipinski definition) is 2. The predicted octanol–water partition coefficient (Wildman–Crippen LogP) is 2.85. The SMILES string of the molecule is CCC(=O)c1ccc(Br)cc1C=O. The molecule has 0 bridgehead atoms. The lowest BCUT2D eigenvalue weighted by Gasteiger charge is -2.01. The van der Waals surface area contributed by atoms with Gasteiger partial charge in [0.15, 0.2) is 12.1 Å². The summed E-state index contributed by atoms with van der Waals surface area (Å²) >= 11 is 3.24. The van der Waals surface area contributed by atoms with Crippen molar-refractivity contribution in [1.82, 2.24) is 0 Å². The van der Waals surface area contributed by atoms with Crippen molar-refractivity contribution in [2.75, 3.05) is 0 Å². The summed E-state index contributed by atoms with van der Waals surface area (Å²) in [6.45, 7) is 1.78. The van der Waals surface area contributed by atoms with Gasteiger partial charge in [0.25, 0.3) is 0 Å². The van der Waals surface area contributed by atoms with Crippen LogP contribution in [0.25, 0.3) is 0 Å². The lowest BCUT2D eigenvalue weighted by Crippen LogP contribution is -2.01. The van der Waals surface area contributed by atoms with E-state index in [1.165, 1.54) is 0 Å². The molecule has 0 atom stereocenters. The van der Waals surface area contributed by atoms with Gasteiger partial charge in [0, 0.05) is 22.0 Å². The minimum atomic E-state index is -0.00500. The zero-order valence-corrected chi connectivity index (χ0v) is 8.80. The molecular weight excluding hydrogens is 232 g/mol. The third-order valence-electron chi connectivity index (χ3n) is 1.76. The molecule has 0 aliphatic rings. The van der Waals surface area contributed by atoms with Crippen LogP contribution >= 0.6 is 15.9 Å². The summed E-state index contributed by atoms with van der Waals surface area (Å²) in [7, 11) is 0. The second-order valence-corrected chi connectivity index (χ2v) is 3.54. The van der Waals surface area contributed by atoms with E-state index in [2.05, 4.69) is 15.9 Å². The Kier molecular flexibility index (Phi) is 3.37. The fourth-order valence-electron chi connectivity index (χ4n) is 1.08. The second kappa shape index (κ2) is 4.33. The van der Waals surface area contributed by atoms with Crippen LogP contribution in [0.1, 0.15) is 34.1 Å². The normalized spacial score (nSPS) is 9.69. The van der Waals surface area contributed by atoms with Gasteiger partial charge < -0.3 is 0 Å². The molecule has 0 fully saturated rings. The summed E-state index contributed by atoms with van der Waals surface area (Å²) in [6.07, 6.45) is 1.12. The maximum atomic E-state index is 11.3. The van der Waals surface area contributed by atoms with Crippen LogP contribution in [0.5, 0.6) is 0 Å². The van der Waals surface area contributed by atoms with E-state index in [0.717, 1.165) is 4.47 Å². The minimum absolute atomic E-state index is 0.00500. The zero-order valence-electron chi connectivity index (χ0n) is 7.21. The first-order chi connectivity index (χ1) is 6.19. The van der Waals surface area contributed by atoms with Crippen molar-refractivity contribution in [3.05, 3.63) is 33.8 Å². The minimum Gasteiger partial charge on any atom is -0.298 e. The Morgan fingerprint density at radius 2 is 2.23 bits per heavy atom. The number of rotatable bonds is 3. The lowest BCUT2D eigenvalue weighted by atomic mass is 10.0. The number of aldehydes is 1. The smallest absolute Gasteiger partial charge is 0.163 e. The van der Waals surface area contributed by atoms with Gasteiger partial charge in [0.05, 0.1) is 0 Å². The van der Waals surface area contributed by atoms with E-state index < -0.39 is 0 Å². The van der Waals surface area contributed by atoms with Gasteiger partial charge in [0.2, 0.25) is 0 Å². The highest BCUT2D eigenvalue weighted by atomic mass is 79.9. The van der Waals surface area contributed by atoms with Crippen molar-refractivity contribution in [3.8, 4) is 0 Å².